The molecule has 0 aliphatic carbocycles. The molecule has 0 radical (unpaired) electrons. The normalized spacial score (nSPS) is 11.7. The van der Waals surface area contributed by atoms with E-state index in [1.54, 1.807) is 54.6 Å². The number of phenolic OH excluding ortho intramolecular Hbond substituents is 1. The first-order valence-electron chi connectivity index (χ1n) is 9.36. The van der Waals surface area contributed by atoms with E-state index in [1.807, 2.05) is 0 Å². The van der Waals surface area contributed by atoms with Gasteiger partial charge in [-0.2, -0.15) is 9.41 Å². The van der Waals surface area contributed by atoms with E-state index in [9.17, 15) is 18.3 Å². The Hall–Kier alpha value is -2.72. The summed E-state index contributed by atoms with van der Waals surface area (Å²) in [6.45, 7) is -0.486. The van der Waals surface area contributed by atoms with Crippen molar-refractivity contribution in [2.45, 2.75) is 11.4 Å². The van der Waals surface area contributed by atoms with Crippen LogP contribution in [0.1, 0.15) is 11.1 Å². The number of amides is 1. The number of aromatic hydroxyl groups is 1. The van der Waals surface area contributed by atoms with Crippen molar-refractivity contribution in [3.63, 3.8) is 0 Å². The number of hydrogen-bond donors (Lipinski definition) is 2. The summed E-state index contributed by atoms with van der Waals surface area (Å²) in [5.74, 6) is -0.647. The molecular formula is C22H19BrClN3O4S. The second-order valence-corrected chi connectivity index (χ2v) is 10.00. The first kappa shape index (κ1) is 23.9. The lowest BCUT2D eigenvalue weighted by Gasteiger charge is -2.21. The van der Waals surface area contributed by atoms with Gasteiger partial charge < -0.3 is 5.11 Å². The summed E-state index contributed by atoms with van der Waals surface area (Å²) in [4.78, 5) is 12.6. The highest BCUT2D eigenvalue weighted by atomic mass is 79.9. The Bertz CT molecular complexity index is 1220. The predicted molar refractivity (Wildman–Crippen MR) is 127 cm³/mol. The fraction of sp³-hybridized carbons (Fsp3) is 0.0909. The Labute approximate surface area is 199 Å². The number of hydrazone groups is 1. The maximum Gasteiger partial charge on any atom is 0.255 e. The van der Waals surface area contributed by atoms with E-state index in [1.165, 1.54) is 24.4 Å². The molecule has 0 fully saturated rings. The number of hydrogen-bond acceptors (Lipinski definition) is 5. The molecule has 0 spiro atoms. The summed E-state index contributed by atoms with van der Waals surface area (Å²) < 4.78 is 28.1. The van der Waals surface area contributed by atoms with Crippen molar-refractivity contribution >= 4 is 49.7 Å². The maximum absolute atomic E-state index is 13.2. The third kappa shape index (κ3) is 6.39. The summed E-state index contributed by atoms with van der Waals surface area (Å²) in [7, 11) is -3.95. The maximum atomic E-state index is 13.2. The highest BCUT2D eigenvalue weighted by molar-refractivity contribution is 9.10. The molecule has 7 nitrogen and oxygen atoms in total. The molecule has 10 heteroatoms. The van der Waals surface area contributed by atoms with Gasteiger partial charge in [0.2, 0.25) is 10.0 Å². The quantitative estimate of drug-likeness (QED) is 0.334. The number of benzene rings is 3. The van der Waals surface area contributed by atoms with Gasteiger partial charge in [0.05, 0.1) is 17.7 Å². The van der Waals surface area contributed by atoms with E-state index >= 15 is 0 Å². The van der Waals surface area contributed by atoms with Crippen molar-refractivity contribution in [1.29, 1.82) is 0 Å². The number of phenols is 1. The standard InChI is InChI=1S/C22H19BrClN3O4S/c23-18-8-11-21(28)17(12-18)13-25-26-22(29)15-27(14-16-6-9-19(24)10-7-16)32(30,31)20-4-2-1-3-5-20/h1-13,28H,14-15H2,(H,26,29)/b25-13-. The second kappa shape index (κ2) is 10.7. The monoisotopic (exact) mass is 535 g/mol. The van der Waals surface area contributed by atoms with Crippen molar-refractivity contribution in [3.8, 4) is 5.75 Å². The van der Waals surface area contributed by atoms with Crippen LogP contribution in [0.5, 0.6) is 5.75 Å². The summed E-state index contributed by atoms with van der Waals surface area (Å²) in [6, 6.07) is 19.3. The predicted octanol–water partition coefficient (Wildman–Crippen LogP) is 4.15. The lowest BCUT2D eigenvalue weighted by Crippen LogP contribution is -2.39. The first-order valence-corrected chi connectivity index (χ1v) is 12.0. The summed E-state index contributed by atoms with van der Waals surface area (Å²) in [5.41, 5.74) is 3.36. The second-order valence-electron chi connectivity index (χ2n) is 6.71. The fourth-order valence-corrected chi connectivity index (χ4v) is 4.67. The van der Waals surface area contributed by atoms with Crippen LogP contribution in [0.25, 0.3) is 0 Å². The van der Waals surface area contributed by atoms with Crippen molar-refractivity contribution in [2.75, 3.05) is 6.54 Å². The third-order valence-electron chi connectivity index (χ3n) is 4.36. The van der Waals surface area contributed by atoms with Crippen LogP contribution in [0, 0.1) is 0 Å². The molecule has 166 valence electrons. The molecule has 3 aromatic carbocycles. The number of sulfonamides is 1. The minimum Gasteiger partial charge on any atom is -0.507 e. The Balaban J connectivity index is 1.78. The van der Waals surface area contributed by atoms with Crippen LogP contribution in [0.4, 0.5) is 0 Å². The van der Waals surface area contributed by atoms with Gasteiger partial charge in [-0.15, -0.1) is 0 Å². The largest absolute Gasteiger partial charge is 0.507 e. The lowest BCUT2D eigenvalue weighted by molar-refractivity contribution is -0.121. The van der Waals surface area contributed by atoms with E-state index in [4.69, 9.17) is 11.6 Å². The fourth-order valence-electron chi connectivity index (χ4n) is 2.76. The third-order valence-corrected chi connectivity index (χ3v) is 6.91. The first-order chi connectivity index (χ1) is 15.3. The molecule has 0 aliphatic rings. The van der Waals surface area contributed by atoms with Gasteiger partial charge in [-0.25, -0.2) is 13.8 Å². The van der Waals surface area contributed by atoms with Gasteiger partial charge in [-0.05, 0) is 48.0 Å². The topological polar surface area (TPSA) is 99.1 Å². The molecule has 0 heterocycles. The SMILES string of the molecule is O=C(CN(Cc1ccc(Cl)cc1)S(=O)(=O)c1ccccc1)N/N=C\c1cc(Br)ccc1O. The van der Waals surface area contributed by atoms with Crippen molar-refractivity contribution in [1.82, 2.24) is 9.73 Å². The number of nitrogens with one attached hydrogen (secondary N) is 1. The minimum atomic E-state index is -3.95. The molecule has 3 aromatic rings. The van der Waals surface area contributed by atoms with Gasteiger partial charge >= 0.3 is 0 Å². The molecular weight excluding hydrogens is 518 g/mol. The molecule has 32 heavy (non-hydrogen) atoms. The van der Waals surface area contributed by atoms with Gasteiger partial charge in [0.15, 0.2) is 0 Å². The molecule has 1 amide bonds. The zero-order valence-corrected chi connectivity index (χ0v) is 19.8. The van der Waals surface area contributed by atoms with Gasteiger partial charge in [-0.1, -0.05) is 57.9 Å². The van der Waals surface area contributed by atoms with Gasteiger partial charge in [0.1, 0.15) is 5.75 Å². The molecule has 0 bridgehead atoms. The molecule has 0 aromatic heterocycles. The van der Waals surface area contributed by atoms with Crippen molar-refractivity contribution < 1.29 is 18.3 Å². The lowest BCUT2D eigenvalue weighted by atomic mass is 10.2. The Morgan fingerprint density at radius 1 is 1.09 bits per heavy atom. The van der Waals surface area contributed by atoms with Crippen LogP contribution >= 0.6 is 27.5 Å². The Morgan fingerprint density at radius 3 is 2.47 bits per heavy atom. The molecule has 0 atom stereocenters. The van der Waals surface area contributed by atoms with Gasteiger partial charge in [-0.3, -0.25) is 4.79 Å². The zero-order chi connectivity index (χ0) is 23.1. The number of rotatable bonds is 8. The summed E-state index contributed by atoms with van der Waals surface area (Å²) in [6.07, 6.45) is 1.27. The number of carbonyl (C=O) groups is 1. The average Bonchev–Trinajstić information content (AvgIpc) is 2.77. The zero-order valence-electron chi connectivity index (χ0n) is 16.7. The smallest absolute Gasteiger partial charge is 0.255 e. The van der Waals surface area contributed by atoms with Crippen molar-refractivity contribution in [3.05, 3.63) is 93.4 Å². The summed E-state index contributed by atoms with van der Waals surface area (Å²) in [5, 5.41) is 14.2. The van der Waals surface area contributed by atoms with E-state index in [0.717, 1.165) is 8.78 Å². The van der Waals surface area contributed by atoms with Gasteiger partial charge in [0, 0.05) is 21.6 Å². The Morgan fingerprint density at radius 2 is 1.78 bits per heavy atom. The summed E-state index contributed by atoms with van der Waals surface area (Å²) >= 11 is 9.20. The number of carbonyl (C=O) groups excluding carboxylic acids is 1. The molecule has 3 rings (SSSR count). The van der Waals surface area contributed by atoms with Crippen LogP contribution in [0.3, 0.4) is 0 Å². The number of nitrogens with zero attached hydrogens (tertiary/aromatic N) is 2. The van der Waals surface area contributed by atoms with E-state index in [0.29, 0.717) is 16.1 Å². The highest BCUT2D eigenvalue weighted by Crippen LogP contribution is 2.21. The molecule has 0 saturated carbocycles. The molecule has 0 saturated heterocycles. The average molecular weight is 537 g/mol. The minimum absolute atomic E-state index is 0.0118. The van der Waals surface area contributed by atoms with E-state index < -0.39 is 22.5 Å². The molecule has 0 aliphatic heterocycles. The van der Waals surface area contributed by atoms with Gasteiger partial charge in [0.25, 0.3) is 5.91 Å². The number of halogens is 2. The van der Waals surface area contributed by atoms with Crippen molar-refractivity contribution in [2.24, 2.45) is 5.10 Å². The van der Waals surface area contributed by atoms with Crippen LogP contribution in [0.15, 0.2) is 87.3 Å². The van der Waals surface area contributed by atoms with E-state index in [2.05, 4.69) is 26.5 Å². The Kier molecular flexibility index (Phi) is 8.03. The van der Waals surface area contributed by atoms with Crippen LogP contribution < -0.4 is 5.43 Å². The molecule has 2 N–H and O–H groups in total. The van der Waals surface area contributed by atoms with Crippen LogP contribution in [-0.2, 0) is 21.4 Å². The van der Waals surface area contributed by atoms with Crippen LogP contribution in [0.2, 0.25) is 5.02 Å². The highest BCUT2D eigenvalue weighted by Gasteiger charge is 2.26. The molecule has 0 unspecified atom stereocenters. The van der Waals surface area contributed by atoms with E-state index in [-0.39, 0.29) is 17.2 Å². The van der Waals surface area contributed by atoms with Crippen LogP contribution in [-0.4, -0.2) is 36.5 Å².